The molecule has 0 aliphatic heterocycles. The number of aromatic nitrogens is 2. The van der Waals surface area contributed by atoms with Gasteiger partial charge in [0.25, 0.3) is 5.91 Å². The first kappa shape index (κ1) is 17.3. The van der Waals surface area contributed by atoms with Crippen LogP contribution in [0.25, 0.3) is 0 Å². The molecule has 0 aliphatic carbocycles. The first-order chi connectivity index (χ1) is 11.1. The molecule has 0 aliphatic rings. The van der Waals surface area contributed by atoms with E-state index in [0.29, 0.717) is 6.54 Å². The quantitative estimate of drug-likeness (QED) is 0.747. The van der Waals surface area contributed by atoms with E-state index in [4.69, 9.17) is 0 Å². The first-order valence-corrected chi connectivity index (χ1v) is 8.50. The molecule has 0 fully saturated rings. The fourth-order valence-electron chi connectivity index (χ4n) is 2.72. The molecule has 1 N–H and O–H groups in total. The van der Waals surface area contributed by atoms with Crippen LogP contribution in [0.2, 0.25) is 0 Å². The van der Waals surface area contributed by atoms with Crippen LogP contribution in [0.4, 0.5) is 0 Å². The smallest absolute Gasteiger partial charge is 0.265 e. The number of benzene rings is 1. The van der Waals surface area contributed by atoms with E-state index in [1.807, 2.05) is 47.4 Å². The second kappa shape index (κ2) is 8.51. The van der Waals surface area contributed by atoms with Crippen molar-refractivity contribution in [1.82, 2.24) is 9.88 Å². The van der Waals surface area contributed by atoms with Crippen molar-refractivity contribution < 1.29 is 9.36 Å². The maximum atomic E-state index is 12.6. The summed E-state index contributed by atoms with van der Waals surface area (Å²) in [4.78, 5) is 12.6. The minimum absolute atomic E-state index is 0.0714. The van der Waals surface area contributed by atoms with Gasteiger partial charge in [-0.3, -0.25) is 4.79 Å². The number of carbonyl (C=O) groups is 1. The van der Waals surface area contributed by atoms with E-state index in [2.05, 4.69) is 36.9 Å². The van der Waals surface area contributed by atoms with Crippen LogP contribution in [-0.2, 0) is 17.9 Å². The number of nitrogens with zero attached hydrogens (tertiary/aromatic N) is 2. The van der Waals surface area contributed by atoms with Gasteiger partial charge in [-0.1, -0.05) is 57.5 Å². The van der Waals surface area contributed by atoms with Gasteiger partial charge in [-0.25, -0.2) is 9.13 Å². The van der Waals surface area contributed by atoms with E-state index in [1.54, 1.807) is 0 Å². The van der Waals surface area contributed by atoms with Crippen molar-refractivity contribution in [3.63, 3.8) is 0 Å². The predicted molar refractivity (Wildman–Crippen MR) is 91.7 cm³/mol. The molecule has 4 nitrogen and oxygen atoms in total. The van der Waals surface area contributed by atoms with Crippen molar-refractivity contribution in [2.75, 3.05) is 0 Å². The lowest BCUT2D eigenvalue weighted by molar-refractivity contribution is -0.696. The number of nitrogens with one attached hydrogen (secondary N) is 1. The Kier molecular flexibility index (Phi) is 6.39. The topological polar surface area (TPSA) is 37.9 Å². The molecule has 1 amide bonds. The average molecular weight is 314 g/mol. The van der Waals surface area contributed by atoms with E-state index in [-0.39, 0.29) is 17.9 Å². The summed E-state index contributed by atoms with van der Waals surface area (Å²) >= 11 is 0. The van der Waals surface area contributed by atoms with Crippen molar-refractivity contribution >= 4 is 5.91 Å². The number of aryl methyl sites for hydroxylation is 1. The third-order valence-electron chi connectivity index (χ3n) is 4.01. The molecule has 0 saturated heterocycles. The lowest BCUT2D eigenvalue weighted by Gasteiger charge is -2.17. The Morgan fingerprint density at radius 3 is 2.65 bits per heavy atom. The van der Waals surface area contributed by atoms with Gasteiger partial charge in [0.15, 0.2) is 6.04 Å². The van der Waals surface area contributed by atoms with Crippen LogP contribution in [-0.4, -0.2) is 10.5 Å². The van der Waals surface area contributed by atoms with Crippen molar-refractivity contribution in [3.8, 4) is 0 Å². The summed E-state index contributed by atoms with van der Waals surface area (Å²) in [5.74, 6) is 0.305. The van der Waals surface area contributed by atoms with E-state index < -0.39 is 0 Å². The zero-order valence-corrected chi connectivity index (χ0v) is 14.4. The molecule has 0 radical (unpaired) electrons. The largest absolute Gasteiger partial charge is 0.348 e. The highest BCUT2D eigenvalue weighted by Gasteiger charge is 2.28. The standard InChI is InChI=1S/C19H27N3O/c1-4-5-11-21-12-13-22(15-21)18(16(2)3)19(23)20-14-17-9-7-6-8-10-17/h6-10,12-13,15-16,18H,4-5,11,14H2,1-3H3/p+1/t18-/m0/s1. The Morgan fingerprint density at radius 2 is 2.00 bits per heavy atom. The number of rotatable bonds is 8. The average Bonchev–Trinajstić information content (AvgIpc) is 3.00. The fourth-order valence-corrected chi connectivity index (χ4v) is 2.72. The van der Waals surface area contributed by atoms with Gasteiger partial charge in [0, 0.05) is 12.5 Å². The van der Waals surface area contributed by atoms with Gasteiger partial charge in [0.2, 0.25) is 6.33 Å². The van der Waals surface area contributed by atoms with Crippen LogP contribution >= 0.6 is 0 Å². The van der Waals surface area contributed by atoms with Crippen LogP contribution in [0.15, 0.2) is 49.1 Å². The molecule has 4 heteroatoms. The molecule has 2 rings (SSSR count). The fraction of sp³-hybridized carbons (Fsp3) is 0.474. The highest BCUT2D eigenvalue weighted by Crippen LogP contribution is 2.17. The van der Waals surface area contributed by atoms with Gasteiger partial charge in [0.1, 0.15) is 12.4 Å². The summed E-state index contributed by atoms with van der Waals surface area (Å²) in [6.45, 7) is 7.93. The van der Waals surface area contributed by atoms with E-state index in [9.17, 15) is 4.79 Å². The molecule has 0 bridgehead atoms. The van der Waals surface area contributed by atoms with E-state index in [0.717, 1.165) is 18.5 Å². The molecule has 0 saturated carbocycles. The minimum Gasteiger partial charge on any atom is -0.348 e. The van der Waals surface area contributed by atoms with Crippen molar-refractivity contribution in [1.29, 1.82) is 0 Å². The maximum Gasteiger partial charge on any atom is 0.265 e. The Balaban J connectivity index is 2.02. The van der Waals surface area contributed by atoms with Crippen molar-refractivity contribution in [2.24, 2.45) is 5.92 Å². The van der Waals surface area contributed by atoms with Crippen LogP contribution in [0, 0.1) is 5.92 Å². The van der Waals surface area contributed by atoms with Crippen LogP contribution in [0.3, 0.4) is 0 Å². The number of unbranched alkanes of at least 4 members (excludes halogenated alkanes) is 1. The minimum atomic E-state index is -0.179. The van der Waals surface area contributed by atoms with Crippen molar-refractivity contribution in [3.05, 3.63) is 54.6 Å². The number of amides is 1. The summed E-state index contributed by atoms with van der Waals surface area (Å²) in [7, 11) is 0. The number of imidazole rings is 1. The maximum absolute atomic E-state index is 12.6. The molecule has 0 spiro atoms. The van der Waals surface area contributed by atoms with Gasteiger partial charge < -0.3 is 5.32 Å². The van der Waals surface area contributed by atoms with Gasteiger partial charge in [0.05, 0.1) is 6.54 Å². The monoisotopic (exact) mass is 314 g/mol. The highest BCUT2D eigenvalue weighted by atomic mass is 16.2. The van der Waals surface area contributed by atoms with E-state index in [1.165, 1.54) is 6.42 Å². The second-order valence-electron chi connectivity index (χ2n) is 6.34. The van der Waals surface area contributed by atoms with Gasteiger partial charge >= 0.3 is 0 Å². The number of hydrogen-bond donors (Lipinski definition) is 1. The van der Waals surface area contributed by atoms with E-state index >= 15 is 0 Å². The SMILES string of the molecule is CCCC[n+]1ccn([C@H](C(=O)NCc2ccccc2)C(C)C)c1. The zero-order valence-electron chi connectivity index (χ0n) is 14.4. The molecule has 124 valence electrons. The highest BCUT2D eigenvalue weighted by molar-refractivity contribution is 5.80. The first-order valence-electron chi connectivity index (χ1n) is 8.50. The Morgan fingerprint density at radius 1 is 1.26 bits per heavy atom. The molecule has 0 unspecified atom stereocenters. The van der Waals surface area contributed by atoms with Crippen LogP contribution in [0.1, 0.15) is 45.2 Å². The molecule has 1 atom stereocenters. The summed E-state index contributed by atoms with van der Waals surface area (Å²) in [6.07, 6.45) is 8.42. The predicted octanol–water partition coefficient (Wildman–Crippen LogP) is 3.09. The number of hydrogen-bond acceptors (Lipinski definition) is 1. The third-order valence-corrected chi connectivity index (χ3v) is 4.01. The zero-order chi connectivity index (χ0) is 16.7. The summed E-state index contributed by atoms with van der Waals surface area (Å²) in [6, 6.07) is 9.84. The molecular formula is C19H28N3O+. The number of carbonyl (C=O) groups excluding carboxylic acids is 1. The summed E-state index contributed by atoms with van der Waals surface area (Å²) in [5.41, 5.74) is 1.12. The molecule has 2 aromatic rings. The van der Waals surface area contributed by atoms with Gasteiger partial charge in [-0.05, 0) is 12.0 Å². The molecule has 1 aromatic carbocycles. The molecule has 1 aromatic heterocycles. The molecule has 1 heterocycles. The van der Waals surface area contributed by atoms with Crippen LogP contribution < -0.4 is 9.88 Å². The van der Waals surface area contributed by atoms with Gasteiger partial charge in [-0.15, -0.1) is 0 Å². The molecular weight excluding hydrogens is 286 g/mol. The Bertz CT molecular complexity index is 604. The third kappa shape index (κ3) is 4.95. The van der Waals surface area contributed by atoms with Crippen LogP contribution in [0.5, 0.6) is 0 Å². The lowest BCUT2D eigenvalue weighted by atomic mass is 10.0. The van der Waals surface area contributed by atoms with Gasteiger partial charge in [-0.2, -0.15) is 0 Å². The Hall–Kier alpha value is -2.10. The summed E-state index contributed by atoms with van der Waals surface area (Å²) in [5, 5.41) is 3.06. The summed E-state index contributed by atoms with van der Waals surface area (Å²) < 4.78 is 4.18. The normalized spacial score (nSPS) is 12.3. The van der Waals surface area contributed by atoms with Crippen molar-refractivity contribution in [2.45, 2.75) is 52.7 Å². The lowest BCUT2D eigenvalue weighted by Crippen LogP contribution is -2.36. The Labute approximate surface area is 139 Å². The second-order valence-corrected chi connectivity index (χ2v) is 6.34. The molecule has 23 heavy (non-hydrogen) atoms.